The van der Waals surface area contributed by atoms with Crippen molar-refractivity contribution in [1.82, 2.24) is 4.31 Å². The van der Waals surface area contributed by atoms with Crippen molar-refractivity contribution >= 4 is 31.6 Å². The zero-order valence-electron chi connectivity index (χ0n) is 9.71. The molecule has 0 bridgehead atoms. The molecule has 0 aliphatic carbocycles. The Hall–Kier alpha value is -0.630. The van der Waals surface area contributed by atoms with E-state index in [1.165, 1.54) is 10.4 Å². The van der Waals surface area contributed by atoms with Gasteiger partial charge >= 0.3 is 0 Å². The van der Waals surface area contributed by atoms with E-state index in [4.69, 9.17) is 5.73 Å². The van der Waals surface area contributed by atoms with E-state index in [2.05, 4.69) is 15.9 Å². The molecule has 1 aliphatic rings. The van der Waals surface area contributed by atoms with E-state index in [1.54, 1.807) is 12.1 Å². The van der Waals surface area contributed by atoms with Crippen molar-refractivity contribution in [1.29, 1.82) is 0 Å². The molecule has 2 rings (SSSR count). The molecule has 0 saturated carbocycles. The van der Waals surface area contributed by atoms with Crippen molar-refractivity contribution in [3.8, 4) is 0 Å². The zero-order valence-corrected chi connectivity index (χ0v) is 12.1. The number of aliphatic hydroxyl groups excluding tert-OH is 1. The minimum atomic E-state index is -3.57. The van der Waals surface area contributed by atoms with Crippen molar-refractivity contribution in [2.75, 3.05) is 18.8 Å². The van der Waals surface area contributed by atoms with E-state index in [0.29, 0.717) is 29.5 Å². The monoisotopic (exact) mass is 334 g/mol. The van der Waals surface area contributed by atoms with E-state index in [0.717, 1.165) is 0 Å². The Balaban J connectivity index is 2.35. The summed E-state index contributed by atoms with van der Waals surface area (Å²) in [6, 6.07) is 4.60. The van der Waals surface area contributed by atoms with E-state index in [1.807, 2.05) is 0 Å². The Labute approximate surface area is 115 Å². The van der Waals surface area contributed by atoms with Gasteiger partial charge in [0.05, 0.1) is 11.0 Å². The van der Waals surface area contributed by atoms with Crippen molar-refractivity contribution < 1.29 is 13.5 Å². The number of nitrogen functional groups attached to an aromatic ring is 1. The fraction of sp³-hybridized carbons (Fsp3) is 0.455. The second-order valence-electron chi connectivity index (χ2n) is 4.35. The van der Waals surface area contributed by atoms with Gasteiger partial charge in [0.15, 0.2) is 0 Å². The third-order valence-electron chi connectivity index (χ3n) is 2.93. The van der Waals surface area contributed by atoms with Gasteiger partial charge in [-0.15, -0.1) is 0 Å². The average Bonchev–Trinajstić information content (AvgIpc) is 2.28. The predicted octanol–water partition coefficient (Wildman–Crippen LogP) is 1.18. The molecule has 1 heterocycles. The smallest absolute Gasteiger partial charge is 0.244 e. The summed E-state index contributed by atoms with van der Waals surface area (Å²) in [7, 11) is -3.57. The van der Waals surface area contributed by atoms with Gasteiger partial charge in [0.1, 0.15) is 0 Å². The second kappa shape index (κ2) is 5.16. The SMILES string of the molecule is Nc1ccc(S(=O)(=O)N2CCCC(O)C2)c(Br)c1. The van der Waals surface area contributed by atoms with E-state index in [9.17, 15) is 13.5 Å². The van der Waals surface area contributed by atoms with E-state index >= 15 is 0 Å². The van der Waals surface area contributed by atoms with Crippen LogP contribution in [0.2, 0.25) is 0 Å². The number of hydrogen-bond acceptors (Lipinski definition) is 4. The third kappa shape index (κ3) is 2.69. The lowest BCUT2D eigenvalue weighted by molar-refractivity contribution is 0.108. The molecule has 0 aromatic heterocycles. The highest BCUT2D eigenvalue weighted by atomic mass is 79.9. The number of halogens is 1. The van der Waals surface area contributed by atoms with Gasteiger partial charge in [0.25, 0.3) is 0 Å². The highest BCUT2D eigenvalue weighted by molar-refractivity contribution is 9.10. The number of anilines is 1. The predicted molar refractivity (Wildman–Crippen MR) is 72.6 cm³/mol. The quantitative estimate of drug-likeness (QED) is 0.795. The summed E-state index contributed by atoms with van der Waals surface area (Å²) < 4.78 is 26.6. The largest absolute Gasteiger partial charge is 0.399 e. The molecule has 100 valence electrons. The summed E-state index contributed by atoms with van der Waals surface area (Å²) in [5.74, 6) is 0. The van der Waals surface area contributed by atoms with Gasteiger partial charge in [-0.05, 0) is 47.0 Å². The van der Waals surface area contributed by atoms with Crippen molar-refractivity contribution in [3.63, 3.8) is 0 Å². The Morgan fingerprint density at radius 2 is 2.17 bits per heavy atom. The van der Waals surface area contributed by atoms with Gasteiger partial charge in [0.2, 0.25) is 10.0 Å². The number of sulfonamides is 1. The van der Waals surface area contributed by atoms with Crippen LogP contribution in [0.25, 0.3) is 0 Å². The fourth-order valence-electron chi connectivity index (χ4n) is 2.00. The minimum absolute atomic E-state index is 0.152. The molecule has 1 saturated heterocycles. The Morgan fingerprint density at radius 3 is 2.78 bits per heavy atom. The molecule has 3 N–H and O–H groups in total. The molecular formula is C11H15BrN2O3S. The molecule has 7 heteroatoms. The van der Waals surface area contributed by atoms with E-state index < -0.39 is 16.1 Å². The van der Waals surface area contributed by atoms with Crippen molar-refractivity contribution in [2.24, 2.45) is 0 Å². The first-order valence-electron chi connectivity index (χ1n) is 5.64. The lowest BCUT2D eigenvalue weighted by Crippen LogP contribution is -2.42. The molecule has 0 spiro atoms. The first kappa shape index (κ1) is 13.8. The molecule has 18 heavy (non-hydrogen) atoms. The molecule has 1 fully saturated rings. The van der Waals surface area contributed by atoms with Crippen LogP contribution in [-0.2, 0) is 10.0 Å². The summed E-state index contributed by atoms with van der Waals surface area (Å²) >= 11 is 3.22. The molecule has 1 unspecified atom stereocenters. The van der Waals surface area contributed by atoms with Crippen molar-refractivity contribution in [2.45, 2.75) is 23.8 Å². The van der Waals surface area contributed by atoms with Crippen molar-refractivity contribution in [3.05, 3.63) is 22.7 Å². The molecule has 5 nitrogen and oxygen atoms in total. The van der Waals surface area contributed by atoms with Gasteiger partial charge in [-0.25, -0.2) is 8.42 Å². The number of nitrogens with two attached hydrogens (primary N) is 1. The normalized spacial score (nSPS) is 22.0. The van der Waals surface area contributed by atoms with Crippen LogP contribution in [0.1, 0.15) is 12.8 Å². The van der Waals surface area contributed by atoms with Crippen LogP contribution in [0, 0.1) is 0 Å². The lowest BCUT2D eigenvalue weighted by Gasteiger charge is -2.29. The number of piperidine rings is 1. The molecule has 1 atom stereocenters. The lowest BCUT2D eigenvalue weighted by atomic mass is 10.1. The first-order valence-corrected chi connectivity index (χ1v) is 7.88. The van der Waals surface area contributed by atoms with Crippen LogP contribution in [0.15, 0.2) is 27.6 Å². The molecule has 1 aliphatic heterocycles. The molecular weight excluding hydrogens is 320 g/mol. The fourth-order valence-corrected chi connectivity index (χ4v) is 4.58. The highest BCUT2D eigenvalue weighted by Gasteiger charge is 2.30. The minimum Gasteiger partial charge on any atom is -0.399 e. The van der Waals surface area contributed by atoms with E-state index in [-0.39, 0.29) is 11.4 Å². The zero-order chi connectivity index (χ0) is 13.3. The van der Waals surface area contributed by atoms with Crippen LogP contribution >= 0.6 is 15.9 Å². The standard InChI is InChI=1S/C11H15BrN2O3S/c12-10-6-8(13)3-4-11(10)18(16,17)14-5-1-2-9(15)7-14/h3-4,6,9,15H,1-2,5,7,13H2. The third-order valence-corrected chi connectivity index (χ3v) is 5.77. The Morgan fingerprint density at radius 1 is 1.44 bits per heavy atom. The maximum atomic E-state index is 12.4. The maximum absolute atomic E-state index is 12.4. The summed E-state index contributed by atoms with van der Waals surface area (Å²) in [5, 5.41) is 9.57. The number of nitrogens with zero attached hydrogens (tertiary/aromatic N) is 1. The molecule has 0 amide bonds. The molecule has 1 aromatic rings. The van der Waals surface area contributed by atoms with Crippen LogP contribution in [-0.4, -0.2) is 37.0 Å². The van der Waals surface area contributed by atoms with Gasteiger partial charge in [-0.1, -0.05) is 0 Å². The molecule has 0 radical (unpaired) electrons. The molecule has 1 aromatic carbocycles. The van der Waals surface area contributed by atoms with Crippen LogP contribution in [0.5, 0.6) is 0 Å². The number of β-amino-alcohol motifs (C(OH)–C–C–N with tert-alkyl or cyclic N) is 1. The Bertz CT molecular complexity index is 547. The second-order valence-corrected chi connectivity index (χ2v) is 7.11. The summed E-state index contributed by atoms with van der Waals surface area (Å²) in [6.07, 6.45) is 0.739. The first-order chi connectivity index (χ1) is 8.41. The van der Waals surface area contributed by atoms with Gasteiger partial charge in [-0.2, -0.15) is 4.31 Å². The maximum Gasteiger partial charge on any atom is 0.244 e. The van der Waals surface area contributed by atoms with Crippen LogP contribution in [0.3, 0.4) is 0 Å². The van der Waals surface area contributed by atoms with Gasteiger partial charge in [-0.3, -0.25) is 0 Å². The average molecular weight is 335 g/mol. The summed E-state index contributed by atoms with van der Waals surface area (Å²) in [4.78, 5) is 0.186. The number of aliphatic hydroxyl groups is 1. The highest BCUT2D eigenvalue weighted by Crippen LogP contribution is 2.28. The topological polar surface area (TPSA) is 83.6 Å². The van der Waals surface area contributed by atoms with Gasteiger partial charge in [0, 0.05) is 23.2 Å². The van der Waals surface area contributed by atoms with Crippen LogP contribution in [0.4, 0.5) is 5.69 Å². The summed E-state index contributed by atoms with van der Waals surface area (Å²) in [6.45, 7) is 0.593. The Kier molecular flexibility index (Phi) is 3.96. The number of rotatable bonds is 2. The number of benzene rings is 1. The van der Waals surface area contributed by atoms with Gasteiger partial charge < -0.3 is 10.8 Å². The van der Waals surface area contributed by atoms with Crippen LogP contribution < -0.4 is 5.73 Å². The summed E-state index contributed by atoms with van der Waals surface area (Å²) in [5.41, 5.74) is 6.09. The number of hydrogen-bond donors (Lipinski definition) is 2.